The number of carbonyl (C=O) groups is 2. The van der Waals surface area contributed by atoms with Crippen LogP contribution in [0, 0.1) is 0 Å². The first-order chi connectivity index (χ1) is 9.56. The van der Waals surface area contributed by atoms with Gasteiger partial charge >= 0.3 is 0 Å². The topological polar surface area (TPSA) is 81.6 Å². The van der Waals surface area contributed by atoms with Gasteiger partial charge in [-0.2, -0.15) is 0 Å². The van der Waals surface area contributed by atoms with E-state index in [1.54, 1.807) is 24.3 Å². The van der Waals surface area contributed by atoms with Gasteiger partial charge in [0.1, 0.15) is 0 Å². The van der Waals surface area contributed by atoms with Crippen molar-refractivity contribution in [3.63, 3.8) is 0 Å². The van der Waals surface area contributed by atoms with Crippen molar-refractivity contribution < 1.29 is 14.7 Å². The van der Waals surface area contributed by atoms with Crippen LogP contribution in [0.25, 0.3) is 6.08 Å². The molecule has 7 heteroatoms. The van der Waals surface area contributed by atoms with Crippen LogP contribution in [0.2, 0.25) is 5.02 Å². The van der Waals surface area contributed by atoms with Crippen molar-refractivity contribution in [2.75, 3.05) is 6.54 Å². The normalized spacial score (nSPS) is 15.6. The second kappa shape index (κ2) is 6.58. The van der Waals surface area contributed by atoms with Gasteiger partial charge in [-0.1, -0.05) is 41.6 Å². The Bertz CT molecular complexity index is 613. The summed E-state index contributed by atoms with van der Waals surface area (Å²) in [6, 6.07) is 6.84. The van der Waals surface area contributed by atoms with E-state index < -0.39 is 5.97 Å². The summed E-state index contributed by atoms with van der Waals surface area (Å²) in [7, 11) is 0. The Balaban J connectivity index is 2.24. The highest BCUT2D eigenvalue weighted by molar-refractivity contribution is 8.18. The lowest BCUT2D eigenvalue weighted by Crippen LogP contribution is -2.34. The molecular weight excluding hydrogens is 300 g/mol. The quantitative estimate of drug-likeness (QED) is 0.846. The Hall–Kier alpha value is -1.79. The molecule has 1 amide bonds. The van der Waals surface area contributed by atoms with Crippen LogP contribution in [0.3, 0.4) is 0 Å². The van der Waals surface area contributed by atoms with E-state index in [-0.39, 0.29) is 16.0 Å². The molecule has 1 N–H and O–H groups in total. The highest BCUT2D eigenvalue weighted by Crippen LogP contribution is 2.24. The smallest absolute Gasteiger partial charge is 0.227 e. The summed E-state index contributed by atoms with van der Waals surface area (Å²) in [5, 5.41) is 14.4. The number of rotatable bonds is 3. The summed E-state index contributed by atoms with van der Waals surface area (Å²) in [4.78, 5) is 26.4. The number of carboxylic acid groups (broad SMARTS) is 1. The number of halogens is 1. The van der Waals surface area contributed by atoms with Crippen LogP contribution < -0.4 is 10.4 Å². The number of benzene rings is 1. The Morgan fingerprint density at radius 2 is 2.20 bits per heavy atom. The maximum absolute atomic E-state index is 11.2. The van der Waals surface area contributed by atoms with Crippen molar-refractivity contribution in [2.24, 2.45) is 4.99 Å². The third kappa shape index (κ3) is 3.85. The zero-order valence-corrected chi connectivity index (χ0v) is 11.8. The van der Waals surface area contributed by atoms with Crippen LogP contribution in [0.1, 0.15) is 12.0 Å². The van der Waals surface area contributed by atoms with E-state index in [2.05, 4.69) is 10.3 Å². The van der Waals surface area contributed by atoms with Crippen LogP contribution in [0.15, 0.2) is 34.2 Å². The number of aliphatic carboxylic acids is 1. The molecule has 0 atom stereocenters. The third-order valence-electron chi connectivity index (χ3n) is 2.44. The molecule has 0 unspecified atom stereocenters. The van der Waals surface area contributed by atoms with E-state index in [0.717, 1.165) is 11.8 Å². The molecule has 0 saturated carbocycles. The molecule has 0 radical (unpaired) electrons. The molecule has 0 aromatic heterocycles. The summed E-state index contributed by atoms with van der Waals surface area (Å²) in [5.74, 6) is -1.53. The van der Waals surface area contributed by atoms with Crippen LogP contribution in [-0.2, 0) is 9.59 Å². The monoisotopic (exact) mass is 309 g/mol. The fraction of sp³-hybridized carbons (Fsp3) is 0.154. The predicted molar refractivity (Wildman–Crippen MR) is 77.1 cm³/mol. The molecule has 0 spiro atoms. The molecule has 0 saturated heterocycles. The van der Waals surface area contributed by atoms with E-state index in [9.17, 15) is 14.7 Å². The molecule has 1 aliphatic rings. The summed E-state index contributed by atoms with van der Waals surface area (Å²) in [6.45, 7) is 0.348. The number of nitrogens with one attached hydrogen (secondary N) is 1. The van der Waals surface area contributed by atoms with E-state index >= 15 is 0 Å². The van der Waals surface area contributed by atoms with Gasteiger partial charge in [-0.3, -0.25) is 9.79 Å². The first-order valence-electron chi connectivity index (χ1n) is 5.76. The van der Waals surface area contributed by atoms with E-state index in [1.165, 1.54) is 6.08 Å². The van der Waals surface area contributed by atoms with Crippen LogP contribution in [0.5, 0.6) is 0 Å². The number of amidine groups is 1. The Morgan fingerprint density at radius 1 is 1.45 bits per heavy atom. The van der Waals surface area contributed by atoms with E-state index in [1.807, 2.05) is 0 Å². The third-order valence-corrected chi connectivity index (χ3v) is 3.71. The van der Waals surface area contributed by atoms with Crippen LogP contribution in [0.4, 0.5) is 0 Å². The largest absolute Gasteiger partial charge is 0.544 e. The molecule has 1 aliphatic heterocycles. The predicted octanol–water partition coefficient (Wildman–Crippen LogP) is 1.04. The zero-order chi connectivity index (χ0) is 14.5. The van der Waals surface area contributed by atoms with Gasteiger partial charge in [0.05, 0.1) is 12.5 Å². The number of carbonyl (C=O) groups excluding carboxylic acids is 2. The van der Waals surface area contributed by atoms with Crippen molar-refractivity contribution in [3.05, 3.63) is 39.8 Å². The molecule has 0 fully saturated rings. The lowest BCUT2D eigenvalue weighted by Gasteiger charge is -2.15. The van der Waals surface area contributed by atoms with Crippen molar-refractivity contribution in [3.8, 4) is 0 Å². The number of hydrogen-bond donors (Lipinski definition) is 1. The van der Waals surface area contributed by atoms with Crippen molar-refractivity contribution in [2.45, 2.75) is 6.42 Å². The van der Waals surface area contributed by atoms with Crippen molar-refractivity contribution in [1.29, 1.82) is 0 Å². The Kier molecular flexibility index (Phi) is 4.81. The molecule has 104 valence electrons. The van der Waals surface area contributed by atoms with E-state index in [0.29, 0.717) is 23.6 Å². The highest BCUT2D eigenvalue weighted by atomic mass is 35.5. The summed E-state index contributed by atoms with van der Waals surface area (Å²) < 4.78 is 0. The van der Waals surface area contributed by atoms with Crippen LogP contribution in [-0.4, -0.2) is 23.6 Å². The van der Waals surface area contributed by atoms with Gasteiger partial charge in [-0.15, -0.1) is 0 Å². The maximum Gasteiger partial charge on any atom is 0.227 e. The number of hydrogen-bond acceptors (Lipinski definition) is 5. The SMILES string of the molecule is O=C1CCN=C(S/C(=C/c2ccccc2Cl)C(=O)[O-])N1. The number of thioether (sulfide) groups is 1. The van der Waals surface area contributed by atoms with Gasteiger partial charge < -0.3 is 15.2 Å². The fourth-order valence-corrected chi connectivity index (χ4v) is 2.49. The lowest BCUT2D eigenvalue weighted by molar-refractivity contribution is -0.297. The maximum atomic E-state index is 11.2. The minimum Gasteiger partial charge on any atom is -0.544 e. The number of nitrogens with zero attached hydrogens (tertiary/aromatic N) is 1. The van der Waals surface area contributed by atoms with Crippen LogP contribution >= 0.6 is 23.4 Å². The van der Waals surface area contributed by atoms with Gasteiger partial charge in [-0.25, -0.2) is 0 Å². The first-order valence-corrected chi connectivity index (χ1v) is 6.95. The molecule has 0 bridgehead atoms. The standard InChI is InChI=1S/C13H11ClN2O3S/c14-9-4-2-1-3-8(9)7-10(12(18)19)20-13-15-6-5-11(17)16-13/h1-4,7H,5-6H2,(H,18,19)(H,15,16,17)/p-1/b10-7+. The van der Waals surface area contributed by atoms with Crippen molar-refractivity contribution >= 4 is 46.5 Å². The highest BCUT2D eigenvalue weighted by Gasteiger charge is 2.14. The van der Waals surface area contributed by atoms with Gasteiger partial charge in [0, 0.05) is 16.3 Å². The van der Waals surface area contributed by atoms with Gasteiger partial charge in [0.15, 0.2) is 5.17 Å². The van der Waals surface area contributed by atoms with Gasteiger partial charge in [0.25, 0.3) is 0 Å². The summed E-state index contributed by atoms with van der Waals surface area (Å²) >= 11 is 6.81. The molecule has 1 aromatic carbocycles. The lowest BCUT2D eigenvalue weighted by atomic mass is 10.2. The number of carboxylic acids is 1. The minimum atomic E-state index is -1.35. The molecule has 20 heavy (non-hydrogen) atoms. The van der Waals surface area contributed by atoms with Gasteiger partial charge in [-0.05, 0) is 17.7 Å². The number of aliphatic imine (C=N–C) groups is 1. The molecule has 5 nitrogen and oxygen atoms in total. The summed E-state index contributed by atoms with van der Waals surface area (Å²) in [6.07, 6.45) is 1.70. The molecule has 0 aliphatic carbocycles. The van der Waals surface area contributed by atoms with Crippen molar-refractivity contribution in [1.82, 2.24) is 5.32 Å². The molecular formula is C13H10ClN2O3S-. The second-order valence-corrected chi connectivity index (χ2v) is 5.34. The van der Waals surface area contributed by atoms with Gasteiger partial charge in [0.2, 0.25) is 5.91 Å². The molecule has 2 rings (SSSR count). The molecule has 1 aromatic rings. The Labute approximate surface area is 124 Å². The fourth-order valence-electron chi connectivity index (χ4n) is 1.51. The molecule has 1 heterocycles. The average molecular weight is 310 g/mol. The first kappa shape index (κ1) is 14.6. The Morgan fingerprint density at radius 3 is 2.85 bits per heavy atom. The van der Waals surface area contributed by atoms with E-state index in [4.69, 9.17) is 11.6 Å². The average Bonchev–Trinajstić information content (AvgIpc) is 2.40. The number of amides is 1. The second-order valence-electron chi connectivity index (χ2n) is 3.90. The summed E-state index contributed by atoms with van der Waals surface area (Å²) in [5.41, 5.74) is 0.559. The zero-order valence-electron chi connectivity index (χ0n) is 10.3. The minimum absolute atomic E-state index is 0.0703.